The molecule has 31 heavy (non-hydrogen) atoms. The van der Waals surface area contributed by atoms with Gasteiger partial charge in [-0.15, -0.1) is 11.3 Å². The van der Waals surface area contributed by atoms with Gasteiger partial charge in [0.15, 0.2) is 4.96 Å². The Balaban J connectivity index is 1.24. The number of nitrogens with zero attached hydrogens (tertiary/aromatic N) is 3. The van der Waals surface area contributed by atoms with Crippen LogP contribution in [0.5, 0.6) is 0 Å². The zero-order valence-corrected chi connectivity index (χ0v) is 17.9. The van der Waals surface area contributed by atoms with E-state index in [1.54, 1.807) is 16.2 Å². The van der Waals surface area contributed by atoms with E-state index in [2.05, 4.69) is 10.3 Å². The highest BCUT2D eigenvalue weighted by Crippen LogP contribution is 2.29. The van der Waals surface area contributed by atoms with E-state index in [0.717, 1.165) is 27.5 Å². The van der Waals surface area contributed by atoms with E-state index < -0.39 is 0 Å². The van der Waals surface area contributed by atoms with Crippen LogP contribution in [-0.4, -0.2) is 32.6 Å². The molecule has 2 atom stereocenters. The van der Waals surface area contributed by atoms with Gasteiger partial charge in [-0.05, 0) is 24.6 Å². The van der Waals surface area contributed by atoms with Crippen molar-refractivity contribution < 1.29 is 9.59 Å². The molecule has 0 saturated carbocycles. The number of anilines is 1. The van der Waals surface area contributed by atoms with Crippen LogP contribution in [0.2, 0.25) is 0 Å². The first-order valence-electron chi connectivity index (χ1n) is 10.3. The van der Waals surface area contributed by atoms with Crippen molar-refractivity contribution in [2.75, 3.05) is 11.9 Å². The van der Waals surface area contributed by atoms with Crippen LogP contribution in [-0.2, 0) is 9.59 Å². The van der Waals surface area contributed by atoms with Gasteiger partial charge in [-0.2, -0.15) is 0 Å². The lowest BCUT2D eigenvalue weighted by Gasteiger charge is -2.25. The molecule has 0 unspecified atom stereocenters. The first kappa shape index (κ1) is 19.5. The van der Waals surface area contributed by atoms with Crippen molar-refractivity contribution in [3.05, 3.63) is 77.9 Å². The van der Waals surface area contributed by atoms with Crippen molar-refractivity contribution in [2.24, 2.45) is 5.92 Å². The van der Waals surface area contributed by atoms with Gasteiger partial charge in [-0.1, -0.05) is 42.5 Å². The summed E-state index contributed by atoms with van der Waals surface area (Å²) in [5.74, 6) is -0.448. The van der Waals surface area contributed by atoms with Crippen LogP contribution in [0.25, 0.3) is 16.2 Å². The number of aromatic nitrogens is 2. The summed E-state index contributed by atoms with van der Waals surface area (Å²) in [5.41, 5.74) is 3.69. The third kappa shape index (κ3) is 3.84. The zero-order valence-electron chi connectivity index (χ0n) is 17.1. The minimum Gasteiger partial charge on any atom is -0.335 e. The van der Waals surface area contributed by atoms with Gasteiger partial charge in [-0.25, -0.2) is 4.98 Å². The van der Waals surface area contributed by atoms with Gasteiger partial charge in [0.05, 0.1) is 17.7 Å². The first-order valence-corrected chi connectivity index (χ1v) is 11.1. The Kier molecular flexibility index (Phi) is 5.03. The van der Waals surface area contributed by atoms with Crippen LogP contribution in [0.4, 0.5) is 5.69 Å². The summed E-state index contributed by atoms with van der Waals surface area (Å²) in [5, 5.41) is 4.96. The fourth-order valence-corrected chi connectivity index (χ4v) is 4.73. The molecule has 4 aromatic rings. The van der Waals surface area contributed by atoms with E-state index in [9.17, 15) is 9.59 Å². The molecule has 1 saturated heterocycles. The molecule has 3 heterocycles. The highest BCUT2D eigenvalue weighted by atomic mass is 32.1. The third-order valence-corrected chi connectivity index (χ3v) is 6.59. The van der Waals surface area contributed by atoms with Gasteiger partial charge in [0.2, 0.25) is 11.8 Å². The van der Waals surface area contributed by atoms with Crippen molar-refractivity contribution in [1.82, 2.24) is 14.3 Å². The monoisotopic (exact) mass is 430 g/mol. The molecule has 0 bridgehead atoms. The maximum Gasteiger partial charge on any atom is 0.229 e. The van der Waals surface area contributed by atoms with E-state index >= 15 is 0 Å². The highest BCUT2D eigenvalue weighted by Gasteiger charge is 2.37. The largest absolute Gasteiger partial charge is 0.335 e. The van der Waals surface area contributed by atoms with E-state index in [4.69, 9.17) is 0 Å². The number of hydrogen-bond donors (Lipinski definition) is 1. The number of carbonyl (C=O) groups excluding carboxylic acids is 2. The Labute approximate surface area is 184 Å². The number of thiazole rings is 1. The van der Waals surface area contributed by atoms with Crippen molar-refractivity contribution in [3.8, 4) is 11.3 Å². The summed E-state index contributed by atoms with van der Waals surface area (Å²) in [6.45, 7) is 2.44. The SMILES string of the molecule is C[C@H](c1ccccc1)N1C[C@H](C(=O)Nc2ccc(-c3cn4ccsc4n3)cc2)CC1=O. The Morgan fingerprint density at radius 3 is 2.68 bits per heavy atom. The number of fused-ring (bicyclic) bond motifs is 1. The zero-order chi connectivity index (χ0) is 21.4. The molecule has 1 N–H and O–H groups in total. The standard InChI is InChI=1S/C24H22N4O2S/c1-16(17-5-3-2-4-6-17)28-14-19(13-22(28)29)23(30)25-20-9-7-18(8-10-20)21-15-27-11-12-31-24(27)26-21/h2-12,15-16,19H,13-14H2,1H3,(H,25,30)/t16-,19-/m1/s1. The summed E-state index contributed by atoms with van der Waals surface area (Å²) < 4.78 is 2.00. The topological polar surface area (TPSA) is 66.7 Å². The Bertz CT molecular complexity index is 1200. The smallest absolute Gasteiger partial charge is 0.229 e. The lowest BCUT2D eigenvalue weighted by Crippen LogP contribution is -2.30. The summed E-state index contributed by atoms with van der Waals surface area (Å²) in [7, 11) is 0. The van der Waals surface area contributed by atoms with Crippen molar-refractivity contribution in [2.45, 2.75) is 19.4 Å². The second-order valence-electron chi connectivity index (χ2n) is 7.82. The quantitative estimate of drug-likeness (QED) is 0.503. The summed E-state index contributed by atoms with van der Waals surface area (Å²) >= 11 is 1.59. The summed E-state index contributed by atoms with van der Waals surface area (Å²) in [4.78, 5) is 32.7. The Morgan fingerprint density at radius 1 is 1.16 bits per heavy atom. The second kappa shape index (κ2) is 8.00. The molecule has 7 heteroatoms. The van der Waals surface area contributed by atoms with Crippen LogP contribution < -0.4 is 5.32 Å². The lowest BCUT2D eigenvalue weighted by molar-refractivity contribution is -0.129. The molecule has 1 aliphatic heterocycles. The molecule has 0 spiro atoms. The Morgan fingerprint density at radius 2 is 1.94 bits per heavy atom. The summed E-state index contributed by atoms with van der Waals surface area (Å²) in [6.07, 6.45) is 4.22. The number of rotatable bonds is 5. The number of carbonyl (C=O) groups is 2. The van der Waals surface area contributed by atoms with Crippen LogP contribution in [0.15, 0.2) is 72.4 Å². The van der Waals surface area contributed by atoms with E-state index in [1.165, 1.54) is 0 Å². The van der Waals surface area contributed by atoms with Crippen molar-refractivity contribution in [1.29, 1.82) is 0 Å². The molecule has 1 fully saturated rings. The fraction of sp³-hybridized carbons (Fsp3) is 0.208. The number of likely N-dealkylation sites (tertiary alicyclic amines) is 1. The second-order valence-corrected chi connectivity index (χ2v) is 8.69. The maximum atomic E-state index is 12.8. The van der Waals surface area contributed by atoms with E-state index in [-0.39, 0.29) is 30.2 Å². The highest BCUT2D eigenvalue weighted by molar-refractivity contribution is 7.15. The van der Waals surface area contributed by atoms with E-state index in [0.29, 0.717) is 6.54 Å². The molecule has 5 rings (SSSR count). The minimum absolute atomic E-state index is 0.0200. The number of imidazole rings is 1. The molecule has 0 radical (unpaired) electrons. The average molecular weight is 431 g/mol. The van der Waals surface area contributed by atoms with Gasteiger partial charge >= 0.3 is 0 Å². The normalized spacial score (nSPS) is 17.3. The van der Waals surface area contributed by atoms with E-state index in [1.807, 2.05) is 83.7 Å². The minimum atomic E-state index is -0.349. The van der Waals surface area contributed by atoms with Crippen LogP contribution in [0, 0.1) is 5.92 Å². The molecular formula is C24H22N4O2S. The number of nitrogens with one attached hydrogen (secondary N) is 1. The van der Waals surface area contributed by atoms with Crippen molar-refractivity contribution >= 4 is 33.8 Å². The van der Waals surface area contributed by atoms with Gasteiger partial charge < -0.3 is 10.2 Å². The third-order valence-electron chi connectivity index (χ3n) is 5.82. The van der Waals surface area contributed by atoms with Gasteiger partial charge in [0.1, 0.15) is 0 Å². The average Bonchev–Trinajstić information content (AvgIpc) is 3.49. The number of hydrogen-bond acceptors (Lipinski definition) is 4. The van der Waals surface area contributed by atoms with Crippen molar-refractivity contribution in [3.63, 3.8) is 0 Å². The summed E-state index contributed by atoms with van der Waals surface area (Å²) in [6, 6.07) is 17.5. The maximum absolute atomic E-state index is 12.8. The van der Waals surface area contributed by atoms with Crippen LogP contribution in [0.1, 0.15) is 24.9 Å². The van der Waals surface area contributed by atoms with Crippen LogP contribution >= 0.6 is 11.3 Å². The molecular weight excluding hydrogens is 408 g/mol. The first-order chi connectivity index (χ1) is 15.1. The molecule has 2 aromatic heterocycles. The molecule has 156 valence electrons. The molecule has 2 aromatic carbocycles. The van der Waals surface area contributed by atoms with Gasteiger partial charge in [0, 0.05) is 42.0 Å². The fourth-order valence-electron chi connectivity index (χ4n) is 4.03. The number of amides is 2. The molecule has 1 aliphatic rings. The predicted octanol–water partition coefficient (Wildman–Crippen LogP) is 4.61. The molecule has 6 nitrogen and oxygen atoms in total. The molecule has 2 amide bonds. The predicted molar refractivity (Wildman–Crippen MR) is 122 cm³/mol. The van der Waals surface area contributed by atoms with Gasteiger partial charge in [-0.3, -0.25) is 14.0 Å². The molecule has 0 aliphatic carbocycles. The Hall–Kier alpha value is -3.45. The van der Waals surface area contributed by atoms with Gasteiger partial charge in [0.25, 0.3) is 0 Å². The van der Waals surface area contributed by atoms with Crippen LogP contribution in [0.3, 0.4) is 0 Å². The lowest BCUT2D eigenvalue weighted by atomic mass is 10.1. The number of benzene rings is 2.